The quantitative estimate of drug-likeness (QED) is 0.669. The lowest BCUT2D eigenvalue weighted by molar-refractivity contribution is -0.117. The molecule has 3 aromatic carbocycles. The number of rotatable bonds is 3. The highest BCUT2D eigenvalue weighted by atomic mass is 79.9. The largest absolute Gasteiger partial charge is 0.324 e. The highest BCUT2D eigenvalue weighted by Crippen LogP contribution is 2.34. The third kappa shape index (κ3) is 3.51. The Bertz CT molecular complexity index is 987. The molecule has 1 unspecified atom stereocenters. The number of halogens is 1. The van der Waals surface area contributed by atoms with E-state index in [1.807, 2.05) is 66.7 Å². The predicted molar refractivity (Wildman–Crippen MR) is 110 cm³/mol. The van der Waals surface area contributed by atoms with Crippen LogP contribution in [0.15, 0.2) is 83.3 Å². The van der Waals surface area contributed by atoms with Crippen LogP contribution in [0, 0.1) is 0 Å². The molecule has 0 aliphatic carbocycles. The predicted octanol–water partition coefficient (Wildman–Crippen LogP) is 4.66. The van der Waals surface area contributed by atoms with E-state index in [9.17, 15) is 9.59 Å². The highest BCUT2D eigenvalue weighted by molar-refractivity contribution is 9.10. The van der Waals surface area contributed by atoms with Crippen molar-refractivity contribution in [3.05, 3.63) is 94.5 Å². The molecule has 4 nitrogen and oxygen atoms in total. The maximum atomic E-state index is 13.2. The van der Waals surface area contributed by atoms with Crippen LogP contribution in [-0.2, 0) is 11.2 Å². The molecule has 27 heavy (non-hydrogen) atoms. The van der Waals surface area contributed by atoms with Crippen molar-refractivity contribution in [2.24, 2.45) is 0 Å². The fourth-order valence-corrected chi connectivity index (χ4v) is 3.59. The van der Waals surface area contributed by atoms with Crippen LogP contribution in [0.3, 0.4) is 0 Å². The smallest absolute Gasteiger partial charge is 0.259 e. The van der Waals surface area contributed by atoms with Crippen molar-refractivity contribution in [1.82, 2.24) is 0 Å². The summed E-state index contributed by atoms with van der Waals surface area (Å²) in [5.74, 6) is -0.366. The second-order valence-corrected chi connectivity index (χ2v) is 7.30. The number of hydrogen-bond donors (Lipinski definition) is 1. The summed E-state index contributed by atoms with van der Waals surface area (Å²) >= 11 is 3.39. The first-order valence-corrected chi connectivity index (χ1v) is 9.46. The molecule has 1 aliphatic heterocycles. The summed E-state index contributed by atoms with van der Waals surface area (Å²) in [7, 11) is 0. The molecule has 0 bridgehead atoms. The van der Waals surface area contributed by atoms with Crippen molar-refractivity contribution < 1.29 is 9.59 Å². The summed E-state index contributed by atoms with van der Waals surface area (Å²) in [6.07, 6.45) is 0.497. The Morgan fingerprint density at radius 2 is 1.56 bits per heavy atom. The standard InChI is InChI=1S/C22H17BrN2O2/c23-17-10-12-18(13-11-17)24-21(26)20-14-16-8-4-5-9-19(16)25(20)22(27)15-6-2-1-3-7-15/h1-13,20H,14H2,(H,24,26). The second-order valence-electron chi connectivity index (χ2n) is 6.39. The first kappa shape index (κ1) is 17.5. The van der Waals surface area contributed by atoms with Crippen molar-refractivity contribution >= 4 is 39.1 Å². The van der Waals surface area contributed by atoms with Crippen molar-refractivity contribution in [2.75, 3.05) is 10.2 Å². The van der Waals surface area contributed by atoms with Gasteiger partial charge in [-0.2, -0.15) is 0 Å². The summed E-state index contributed by atoms with van der Waals surface area (Å²) in [5.41, 5.74) is 3.06. The lowest BCUT2D eigenvalue weighted by Crippen LogP contribution is -2.45. The number of benzene rings is 3. The van der Waals surface area contributed by atoms with Gasteiger partial charge in [0.2, 0.25) is 5.91 Å². The number of nitrogens with zero attached hydrogens (tertiary/aromatic N) is 1. The van der Waals surface area contributed by atoms with E-state index in [0.29, 0.717) is 17.7 Å². The van der Waals surface area contributed by atoms with E-state index in [4.69, 9.17) is 0 Å². The summed E-state index contributed by atoms with van der Waals surface area (Å²) in [5, 5.41) is 2.93. The molecular formula is C22H17BrN2O2. The molecule has 0 aromatic heterocycles. The number of amides is 2. The number of fused-ring (bicyclic) bond motifs is 1. The summed E-state index contributed by atoms with van der Waals surface area (Å²) in [4.78, 5) is 27.8. The van der Waals surface area contributed by atoms with Crippen LogP contribution in [0.5, 0.6) is 0 Å². The van der Waals surface area contributed by atoms with Crippen LogP contribution < -0.4 is 10.2 Å². The van der Waals surface area contributed by atoms with Gasteiger partial charge in [0.15, 0.2) is 0 Å². The summed E-state index contributed by atoms with van der Waals surface area (Å²) < 4.78 is 0.939. The Morgan fingerprint density at radius 3 is 2.30 bits per heavy atom. The van der Waals surface area contributed by atoms with Crippen molar-refractivity contribution in [3.63, 3.8) is 0 Å². The number of anilines is 2. The van der Waals surface area contributed by atoms with Crippen molar-refractivity contribution in [1.29, 1.82) is 0 Å². The number of hydrogen-bond acceptors (Lipinski definition) is 2. The molecule has 0 fully saturated rings. The van der Waals surface area contributed by atoms with Gasteiger partial charge in [-0.15, -0.1) is 0 Å². The normalized spacial score (nSPS) is 15.3. The molecule has 0 radical (unpaired) electrons. The molecular weight excluding hydrogens is 404 g/mol. The minimum absolute atomic E-state index is 0.170. The van der Waals surface area contributed by atoms with Gasteiger partial charge in [0.1, 0.15) is 6.04 Å². The van der Waals surface area contributed by atoms with E-state index >= 15 is 0 Å². The molecule has 4 rings (SSSR count). The fourth-order valence-electron chi connectivity index (χ4n) is 3.33. The van der Waals surface area contributed by atoms with E-state index in [1.165, 1.54) is 0 Å². The minimum Gasteiger partial charge on any atom is -0.324 e. The fraction of sp³-hybridized carbons (Fsp3) is 0.0909. The average Bonchev–Trinajstić information content (AvgIpc) is 3.09. The zero-order chi connectivity index (χ0) is 18.8. The maximum absolute atomic E-state index is 13.2. The van der Waals surface area contributed by atoms with Crippen LogP contribution >= 0.6 is 15.9 Å². The van der Waals surface area contributed by atoms with Crippen LogP contribution in [0.25, 0.3) is 0 Å². The van der Waals surface area contributed by atoms with Gasteiger partial charge in [-0.05, 0) is 48.0 Å². The van der Waals surface area contributed by atoms with Gasteiger partial charge >= 0.3 is 0 Å². The maximum Gasteiger partial charge on any atom is 0.259 e. The molecule has 3 aromatic rings. The molecule has 0 saturated carbocycles. The summed E-state index contributed by atoms with van der Waals surface area (Å²) in [6, 6.07) is 23.5. The van der Waals surface area contributed by atoms with Gasteiger partial charge in [-0.1, -0.05) is 52.3 Å². The van der Waals surface area contributed by atoms with E-state index in [1.54, 1.807) is 17.0 Å². The molecule has 0 saturated heterocycles. The lowest BCUT2D eigenvalue weighted by Gasteiger charge is -2.25. The molecule has 5 heteroatoms. The Morgan fingerprint density at radius 1 is 0.889 bits per heavy atom. The highest BCUT2D eigenvalue weighted by Gasteiger charge is 2.38. The van der Waals surface area contributed by atoms with E-state index in [-0.39, 0.29) is 11.8 Å². The number of carbonyl (C=O) groups is 2. The molecule has 2 amide bonds. The van der Waals surface area contributed by atoms with Crippen LogP contribution in [0.1, 0.15) is 15.9 Å². The Hall–Kier alpha value is -2.92. The van der Waals surface area contributed by atoms with Gasteiger partial charge in [0, 0.05) is 27.8 Å². The Labute approximate surface area is 165 Å². The minimum atomic E-state index is -0.584. The molecule has 1 heterocycles. The van der Waals surface area contributed by atoms with Gasteiger partial charge in [0.05, 0.1) is 0 Å². The molecule has 1 N–H and O–H groups in total. The van der Waals surface area contributed by atoms with E-state index in [0.717, 1.165) is 15.7 Å². The number of carbonyl (C=O) groups excluding carboxylic acids is 2. The van der Waals surface area contributed by atoms with Crippen LogP contribution in [0.2, 0.25) is 0 Å². The number of nitrogens with one attached hydrogen (secondary N) is 1. The summed E-state index contributed by atoms with van der Waals surface area (Å²) in [6.45, 7) is 0. The lowest BCUT2D eigenvalue weighted by atomic mass is 10.1. The Balaban J connectivity index is 1.65. The van der Waals surface area contributed by atoms with Gasteiger partial charge < -0.3 is 5.32 Å². The monoisotopic (exact) mass is 420 g/mol. The van der Waals surface area contributed by atoms with Gasteiger partial charge in [0.25, 0.3) is 5.91 Å². The first-order chi connectivity index (χ1) is 13.1. The van der Waals surface area contributed by atoms with Gasteiger partial charge in [-0.3, -0.25) is 14.5 Å². The van der Waals surface area contributed by atoms with Crippen LogP contribution in [-0.4, -0.2) is 17.9 Å². The topological polar surface area (TPSA) is 49.4 Å². The molecule has 134 valence electrons. The SMILES string of the molecule is O=C(Nc1ccc(Br)cc1)C1Cc2ccccc2N1C(=O)c1ccccc1. The van der Waals surface area contributed by atoms with Crippen molar-refractivity contribution in [3.8, 4) is 0 Å². The Kier molecular flexibility index (Phi) is 4.77. The molecule has 1 aliphatic rings. The first-order valence-electron chi connectivity index (χ1n) is 8.66. The van der Waals surface area contributed by atoms with Gasteiger partial charge in [-0.25, -0.2) is 0 Å². The van der Waals surface area contributed by atoms with E-state index < -0.39 is 6.04 Å². The third-order valence-electron chi connectivity index (χ3n) is 4.63. The van der Waals surface area contributed by atoms with E-state index in [2.05, 4.69) is 21.2 Å². The number of para-hydroxylation sites is 1. The zero-order valence-electron chi connectivity index (χ0n) is 14.4. The molecule has 1 atom stereocenters. The third-order valence-corrected chi connectivity index (χ3v) is 5.16. The average molecular weight is 421 g/mol. The van der Waals surface area contributed by atoms with Crippen molar-refractivity contribution in [2.45, 2.75) is 12.5 Å². The zero-order valence-corrected chi connectivity index (χ0v) is 16.0. The molecule has 0 spiro atoms. The second kappa shape index (κ2) is 7.37. The van der Waals surface area contributed by atoms with Crippen LogP contribution in [0.4, 0.5) is 11.4 Å².